The summed E-state index contributed by atoms with van der Waals surface area (Å²) in [6, 6.07) is 1.30. The quantitative estimate of drug-likeness (QED) is 0.430. The summed E-state index contributed by atoms with van der Waals surface area (Å²) in [4.78, 5) is 38.7. The molecule has 0 unspecified atom stereocenters. The molecular formula is C17H14F2N6O4S. The van der Waals surface area contributed by atoms with Gasteiger partial charge in [0.1, 0.15) is 34.3 Å². The largest absolute Gasteiger partial charge is 0.365 e. The first-order valence-electron chi connectivity index (χ1n) is 8.76. The van der Waals surface area contributed by atoms with Crippen LogP contribution in [-0.2, 0) is 11.3 Å². The molecule has 30 heavy (non-hydrogen) atoms. The van der Waals surface area contributed by atoms with Crippen molar-refractivity contribution in [3.63, 3.8) is 0 Å². The molecule has 156 valence electrons. The Labute approximate surface area is 170 Å². The number of nitrogens with zero attached hydrogens (tertiary/aromatic N) is 4. The normalized spacial score (nSPS) is 13.7. The number of pyridine rings is 1. The molecule has 3 aromatic heterocycles. The fourth-order valence-electron chi connectivity index (χ4n) is 3.13. The van der Waals surface area contributed by atoms with Gasteiger partial charge in [-0.1, -0.05) is 0 Å². The van der Waals surface area contributed by atoms with Gasteiger partial charge in [0.25, 0.3) is 12.3 Å². The Balaban J connectivity index is 1.73. The Morgan fingerprint density at radius 1 is 1.43 bits per heavy atom. The highest BCUT2D eigenvalue weighted by molar-refractivity contribution is 7.21. The molecule has 0 bridgehead atoms. The number of halogens is 2. The van der Waals surface area contributed by atoms with Crippen molar-refractivity contribution < 1.29 is 23.3 Å². The second-order valence-electron chi connectivity index (χ2n) is 6.76. The number of anilines is 1. The van der Waals surface area contributed by atoms with Crippen LogP contribution in [0.3, 0.4) is 0 Å². The molecule has 10 nitrogen and oxygen atoms in total. The van der Waals surface area contributed by atoms with Crippen LogP contribution in [0, 0.1) is 10.1 Å². The van der Waals surface area contributed by atoms with E-state index in [0.29, 0.717) is 10.9 Å². The van der Waals surface area contributed by atoms with Gasteiger partial charge in [-0.2, -0.15) is 5.10 Å². The number of carbonyl (C=O) groups is 2. The second kappa shape index (κ2) is 7.40. The van der Waals surface area contributed by atoms with Gasteiger partial charge in [-0.3, -0.25) is 24.4 Å². The number of alkyl halides is 2. The molecule has 0 radical (unpaired) electrons. The number of hydrogen-bond acceptors (Lipinski definition) is 7. The highest BCUT2D eigenvalue weighted by atomic mass is 32.1. The predicted molar refractivity (Wildman–Crippen MR) is 103 cm³/mol. The van der Waals surface area contributed by atoms with E-state index in [4.69, 9.17) is 5.73 Å². The van der Waals surface area contributed by atoms with Crippen LogP contribution in [0.25, 0.3) is 10.2 Å². The number of nitrogens with one attached hydrogen (secondary N) is 1. The average molecular weight is 436 g/mol. The van der Waals surface area contributed by atoms with Crippen LogP contribution in [-0.4, -0.2) is 31.5 Å². The summed E-state index contributed by atoms with van der Waals surface area (Å²) in [6.45, 7) is -0.356. The van der Waals surface area contributed by atoms with Gasteiger partial charge < -0.3 is 11.1 Å². The SMILES string of the molecule is NC(=O)c1sc2nc(C(F)F)cc(C3CC3)c2c1NC(=O)Cn1cc([N+](=O)[O-])cn1. The van der Waals surface area contributed by atoms with Gasteiger partial charge >= 0.3 is 5.69 Å². The van der Waals surface area contributed by atoms with E-state index in [-0.39, 0.29) is 33.5 Å². The number of nitrogens with two attached hydrogens (primary N) is 1. The molecule has 0 aliphatic heterocycles. The minimum atomic E-state index is -2.78. The number of rotatable bonds is 7. The maximum atomic E-state index is 13.3. The van der Waals surface area contributed by atoms with E-state index in [2.05, 4.69) is 15.4 Å². The first-order chi connectivity index (χ1) is 14.2. The highest BCUT2D eigenvalue weighted by Gasteiger charge is 2.31. The summed E-state index contributed by atoms with van der Waals surface area (Å²) in [6.07, 6.45) is 0.914. The van der Waals surface area contributed by atoms with Crippen LogP contribution in [0.4, 0.5) is 20.2 Å². The molecule has 13 heteroatoms. The molecule has 0 aromatic carbocycles. The lowest BCUT2D eigenvalue weighted by Gasteiger charge is -2.10. The maximum Gasteiger partial charge on any atom is 0.307 e. The van der Waals surface area contributed by atoms with Crippen LogP contribution in [0.5, 0.6) is 0 Å². The molecule has 4 rings (SSSR count). The van der Waals surface area contributed by atoms with Crippen molar-refractivity contribution in [3.05, 3.63) is 44.7 Å². The molecule has 2 amide bonds. The van der Waals surface area contributed by atoms with Gasteiger partial charge in [0.15, 0.2) is 0 Å². The van der Waals surface area contributed by atoms with Crippen LogP contribution in [0.15, 0.2) is 18.5 Å². The molecule has 1 fully saturated rings. The third-order valence-electron chi connectivity index (χ3n) is 4.58. The first kappa shape index (κ1) is 19.8. The Hall–Kier alpha value is -3.48. The van der Waals surface area contributed by atoms with E-state index < -0.39 is 28.9 Å². The van der Waals surface area contributed by atoms with Crippen molar-refractivity contribution in [1.82, 2.24) is 14.8 Å². The third kappa shape index (κ3) is 3.70. The summed E-state index contributed by atoms with van der Waals surface area (Å²) in [5.74, 6) is -1.41. The maximum absolute atomic E-state index is 13.3. The standard InChI is InChI=1S/C17H14F2N6O4S/c18-15(19)10-3-9(7-1-2-7)12-13(14(16(20)27)30-17(12)22-10)23-11(26)6-24-5-8(4-21-24)25(28)29/h3-5,7,15H,1-2,6H2,(H2,20,27)(H,23,26). The van der Waals surface area contributed by atoms with Crippen molar-refractivity contribution in [2.24, 2.45) is 5.73 Å². The lowest BCUT2D eigenvalue weighted by molar-refractivity contribution is -0.385. The summed E-state index contributed by atoms with van der Waals surface area (Å²) in [5, 5.41) is 17.5. The van der Waals surface area contributed by atoms with Gasteiger partial charge in [0.2, 0.25) is 5.91 Å². The molecule has 3 N–H and O–H groups in total. The number of fused-ring (bicyclic) bond motifs is 1. The fourth-order valence-corrected chi connectivity index (χ4v) is 4.15. The van der Waals surface area contributed by atoms with Crippen LogP contribution in [0.1, 0.15) is 46.1 Å². The van der Waals surface area contributed by atoms with Gasteiger partial charge in [0, 0.05) is 5.39 Å². The average Bonchev–Trinajstić information content (AvgIpc) is 3.31. The summed E-state index contributed by atoms with van der Waals surface area (Å²) in [5.41, 5.74) is 5.46. The van der Waals surface area contributed by atoms with Crippen molar-refractivity contribution in [2.75, 3.05) is 5.32 Å². The summed E-state index contributed by atoms with van der Waals surface area (Å²) < 4.78 is 27.6. The Bertz CT molecular complexity index is 1190. The number of carbonyl (C=O) groups excluding carboxylic acids is 2. The fraction of sp³-hybridized carbons (Fsp3) is 0.294. The lowest BCUT2D eigenvalue weighted by Crippen LogP contribution is -2.21. The Morgan fingerprint density at radius 3 is 2.73 bits per heavy atom. The predicted octanol–water partition coefficient (Wildman–Crippen LogP) is 2.95. The summed E-state index contributed by atoms with van der Waals surface area (Å²) >= 11 is 0.834. The van der Waals surface area contributed by atoms with E-state index in [0.717, 1.165) is 41.3 Å². The van der Waals surface area contributed by atoms with Crippen molar-refractivity contribution in [2.45, 2.75) is 31.7 Å². The molecule has 1 aliphatic carbocycles. The molecule has 3 heterocycles. The number of hydrogen-bond donors (Lipinski definition) is 2. The number of primary amides is 1. The molecule has 3 aromatic rings. The smallest absolute Gasteiger partial charge is 0.307 e. The van der Waals surface area contributed by atoms with Crippen molar-refractivity contribution >= 4 is 44.7 Å². The highest BCUT2D eigenvalue weighted by Crippen LogP contribution is 2.48. The minimum Gasteiger partial charge on any atom is -0.365 e. The Morgan fingerprint density at radius 2 is 2.17 bits per heavy atom. The zero-order valence-corrected chi connectivity index (χ0v) is 16.0. The zero-order chi connectivity index (χ0) is 21.6. The second-order valence-corrected chi connectivity index (χ2v) is 7.76. The molecule has 0 saturated heterocycles. The van der Waals surface area contributed by atoms with Crippen molar-refractivity contribution in [1.29, 1.82) is 0 Å². The number of aromatic nitrogens is 3. The minimum absolute atomic E-state index is 0.00869. The van der Waals surface area contributed by atoms with Gasteiger partial charge in [-0.25, -0.2) is 13.8 Å². The molecule has 1 aliphatic rings. The van der Waals surface area contributed by atoms with Crippen LogP contribution in [0.2, 0.25) is 0 Å². The number of thiophene rings is 1. The van der Waals surface area contributed by atoms with E-state index >= 15 is 0 Å². The summed E-state index contributed by atoms with van der Waals surface area (Å²) in [7, 11) is 0. The monoisotopic (exact) mass is 436 g/mol. The lowest BCUT2D eigenvalue weighted by atomic mass is 10.0. The van der Waals surface area contributed by atoms with Gasteiger partial charge in [0.05, 0.1) is 10.6 Å². The number of amides is 2. The van der Waals surface area contributed by atoms with E-state index in [9.17, 15) is 28.5 Å². The molecule has 0 spiro atoms. The van der Waals surface area contributed by atoms with E-state index in [1.807, 2.05) is 0 Å². The van der Waals surface area contributed by atoms with Crippen LogP contribution >= 0.6 is 11.3 Å². The third-order valence-corrected chi connectivity index (χ3v) is 5.68. The van der Waals surface area contributed by atoms with Crippen molar-refractivity contribution in [3.8, 4) is 0 Å². The van der Waals surface area contributed by atoms with Crippen LogP contribution < -0.4 is 11.1 Å². The Kier molecular flexibility index (Phi) is 4.89. The molecule has 1 saturated carbocycles. The molecule has 0 atom stereocenters. The van der Waals surface area contributed by atoms with E-state index in [1.165, 1.54) is 6.07 Å². The van der Waals surface area contributed by atoms with Gasteiger partial charge in [-0.05, 0) is 30.4 Å². The van der Waals surface area contributed by atoms with E-state index in [1.54, 1.807) is 0 Å². The molecular weight excluding hydrogens is 422 g/mol. The first-order valence-corrected chi connectivity index (χ1v) is 9.58. The van der Waals surface area contributed by atoms with Gasteiger partial charge in [-0.15, -0.1) is 11.3 Å². The topological polar surface area (TPSA) is 146 Å². The zero-order valence-electron chi connectivity index (χ0n) is 15.2. The number of nitro groups is 1.